The highest BCUT2D eigenvalue weighted by atomic mass is 16.4. The van der Waals surface area contributed by atoms with Crippen molar-refractivity contribution in [3.05, 3.63) is 18.2 Å². The second kappa shape index (κ2) is 4.56. The average molecular weight is 264 g/mol. The van der Waals surface area contributed by atoms with Gasteiger partial charge in [-0.25, -0.2) is 9.78 Å². The molecule has 1 aromatic heterocycles. The molecule has 0 radical (unpaired) electrons. The molecule has 102 valence electrons. The van der Waals surface area contributed by atoms with Crippen molar-refractivity contribution in [1.29, 1.82) is 0 Å². The second-order valence-electron chi connectivity index (χ2n) is 4.97. The van der Waals surface area contributed by atoms with Crippen LogP contribution < -0.4 is 0 Å². The van der Waals surface area contributed by atoms with Crippen molar-refractivity contribution < 1.29 is 14.7 Å². The standard InChI is InChI=1S/C12H16N4O3/c17-11-10-13-3-5-14(10)6-7-16(11)9-2-1-4-15(8-9)12(18)19/h3,5,9H,1-2,4,6-8H2,(H,18,19)/t9-/m1/s1. The Labute approximate surface area is 110 Å². The van der Waals surface area contributed by atoms with Crippen molar-refractivity contribution in [1.82, 2.24) is 19.4 Å². The number of aromatic nitrogens is 2. The molecule has 3 rings (SSSR count). The zero-order chi connectivity index (χ0) is 13.4. The van der Waals surface area contributed by atoms with Crippen molar-refractivity contribution in [3.63, 3.8) is 0 Å². The van der Waals surface area contributed by atoms with Crippen LogP contribution in [0.5, 0.6) is 0 Å². The molecule has 0 aromatic carbocycles. The van der Waals surface area contributed by atoms with Crippen LogP contribution in [0.4, 0.5) is 4.79 Å². The lowest BCUT2D eigenvalue weighted by molar-refractivity contribution is 0.0468. The number of imidazole rings is 1. The molecule has 0 spiro atoms. The number of carbonyl (C=O) groups is 2. The van der Waals surface area contributed by atoms with Gasteiger partial charge in [0.25, 0.3) is 5.91 Å². The van der Waals surface area contributed by atoms with E-state index in [0.29, 0.717) is 25.5 Å². The van der Waals surface area contributed by atoms with Crippen molar-refractivity contribution in [2.75, 3.05) is 19.6 Å². The summed E-state index contributed by atoms with van der Waals surface area (Å²) < 4.78 is 1.84. The van der Waals surface area contributed by atoms with Crippen molar-refractivity contribution >= 4 is 12.0 Å². The highest BCUT2D eigenvalue weighted by molar-refractivity contribution is 5.91. The number of likely N-dealkylation sites (tertiary alicyclic amines) is 1. The third kappa shape index (κ3) is 2.05. The number of hydrogen-bond acceptors (Lipinski definition) is 3. The van der Waals surface area contributed by atoms with Crippen LogP contribution in [0.25, 0.3) is 0 Å². The molecule has 7 nitrogen and oxygen atoms in total. The quantitative estimate of drug-likeness (QED) is 0.800. The van der Waals surface area contributed by atoms with Gasteiger partial charge in [-0.15, -0.1) is 0 Å². The van der Waals surface area contributed by atoms with Crippen molar-refractivity contribution in [2.45, 2.75) is 25.4 Å². The smallest absolute Gasteiger partial charge is 0.407 e. The molecular weight excluding hydrogens is 248 g/mol. The van der Waals surface area contributed by atoms with Gasteiger partial charge >= 0.3 is 6.09 Å². The van der Waals surface area contributed by atoms with Crippen LogP contribution in [0.2, 0.25) is 0 Å². The summed E-state index contributed by atoms with van der Waals surface area (Å²) in [6.07, 6.45) is 4.18. The molecule has 1 saturated heterocycles. The Bertz CT molecular complexity index is 513. The molecule has 7 heteroatoms. The summed E-state index contributed by atoms with van der Waals surface area (Å²) in [6, 6.07) is -0.0252. The van der Waals surface area contributed by atoms with E-state index in [1.54, 1.807) is 17.3 Å². The fraction of sp³-hybridized carbons (Fsp3) is 0.583. The summed E-state index contributed by atoms with van der Waals surface area (Å²) in [5.41, 5.74) is 0. The minimum Gasteiger partial charge on any atom is -0.465 e. The van der Waals surface area contributed by atoms with Crippen LogP contribution in [0.3, 0.4) is 0 Å². The van der Waals surface area contributed by atoms with Crippen molar-refractivity contribution in [2.24, 2.45) is 0 Å². The maximum absolute atomic E-state index is 12.3. The maximum atomic E-state index is 12.3. The first-order valence-corrected chi connectivity index (χ1v) is 6.47. The van der Waals surface area contributed by atoms with E-state index in [9.17, 15) is 9.59 Å². The first kappa shape index (κ1) is 12.0. The second-order valence-corrected chi connectivity index (χ2v) is 4.97. The number of piperidine rings is 1. The molecule has 1 N–H and O–H groups in total. The summed E-state index contributed by atoms with van der Waals surface area (Å²) in [5.74, 6) is 0.368. The van der Waals surface area contributed by atoms with Gasteiger partial charge in [-0.1, -0.05) is 0 Å². The van der Waals surface area contributed by atoms with Crippen LogP contribution in [0.1, 0.15) is 23.5 Å². The minimum absolute atomic E-state index is 0.0252. The van der Waals surface area contributed by atoms with Gasteiger partial charge in [-0.05, 0) is 12.8 Å². The zero-order valence-corrected chi connectivity index (χ0v) is 10.5. The third-order valence-electron chi connectivity index (χ3n) is 3.86. The molecule has 0 unspecified atom stereocenters. The molecule has 2 aliphatic heterocycles. The van der Waals surface area contributed by atoms with Gasteiger partial charge in [0.2, 0.25) is 0 Å². The lowest BCUT2D eigenvalue weighted by Crippen LogP contribution is -2.54. The van der Waals surface area contributed by atoms with Gasteiger partial charge in [-0.2, -0.15) is 0 Å². The molecule has 2 amide bonds. The Balaban J connectivity index is 1.76. The van der Waals surface area contributed by atoms with E-state index in [1.165, 1.54) is 4.90 Å². The van der Waals surface area contributed by atoms with E-state index in [1.807, 2.05) is 4.57 Å². The number of carbonyl (C=O) groups excluding carboxylic acids is 1. The van der Waals surface area contributed by atoms with E-state index in [-0.39, 0.29) is 11.9 Å². The van der Waals surface area contributed by atoms with Gasteiger partial charge in [0.05, 0.1) is 0 Å². The molecule has 19 heavy (non-hydrogen) atoms. The molecule has 3 heterocycles. The number of rotatable bonds is 1. The normalized spacial score (nSPS) is 23.4. The molecule has 1 fully saturated rings. The number of amides is 2. The van der Waals surface area contributed by atoms with Crippen LogP contribution in [0.15, 0.2) is 12.4 Å². The van der Waals surface area contributed by atoms with Gasteiger partial charge in [0.1, 0.15) is 0 Å². The predicted molar refractivity (Wildman–Crippen MR) is 65.9 cm³/mol. The lowest BCUT2D eigenvalue weighted by atomic mass is 10.0. The molecule has 1 aromatic rings. The molecule has 0 bridgehead atoms. The van der Waals surface area contributed by atoms with Crippen LogP contribution in [-0.4, -0.2) is 62.1 Å². The average Bonchev–Trinajstić information content (AvgIpc) is 2.88. The summed E-state index contributed by atoms with van der Waals surface area (Å²) in [7, 11) is 0. The van der Waals surface area contributed by atoms with E-state index < -0.39 is 6.09 Å². The van der Waals surface area contributed by atoms with Crippen LogP contribution in [-0.2, 0) is 6.54 Å². The number of nitrogens with zero attached hydrogens (tertiary/aromatic N) is 4. The van der Waals surface area contributed by atoms with Gasteiger partial charge in [-0.3, -0.25) is 4.79 Å². The summed E-state index contributed by atoms with van der Waals surface area (Å²) in [5, 5.41) is 9.05. The van der Waals surface area contributed by atoms with Crippen molar-refractivity contribution in [3.8, 4) is 0 Å². The summed E-state index contributed by atoms with van der Waals surface area (Å²) >= 11 is 0. The molecular formula is C12H16N4O3. The topological polar surface area (TPSA) is 78.7 Å². The largest absolute Gasteiger partial charge is 0.465 e. The fourth-order valence-electron chi connectivity index (χ4n) is 2.86. The minimum atomic E-state index is -0.907. The Morgan fingerprint density at radius 3 is 3.00 bits per heavy atom. The Morgan fingerprint density at radius 1 is 1.37 bits per heavy atom. The van der Waals surface area contributed by atoms with Gasteiger partial charge in [0, 0.05) is 44.6 Å². The maximum Gasteiger partial charge on any atom is 0.407 e. The molecule has 1 atom stereocenters. The number of fused-ring (bicyclic) bond motifs is 1. The van der Waals surface area contributed by atoms with Crippen LogP contribution in [0, 0.1) is 0 Å². The van der Waals surface area contributed by atoms with E-state index >= 15 is 0 Å². The highest BCUT2D eigenvalue weighted by Gasteiger charge is 2.34. The summed E-state index contributed by atoms with van der Waals surface area (Å²) in [4.78, 5) is 30.6. The third-order valence-corrected chi connectivity index (χ3v) is 3.86. The van der Waals surface area contributed by atoms with Gasteiger partial charge in [0.15, 0.2) is 5.82 Å². The Morgan fingerprint density at radius 2 is 2.21 bits per heavy atom. The first-order valence-electron chi connectivity index (χ1n) is 6.47. The predicted octanol–water partition coefficient (Wildman–Crippen LogP) is 0.481. The van der Waals surface area contributed by atoms with E-state index in [2.05, 4.69) is 4.98 Å². The summed E-state index contributed by atoms with van der Waals surface area (Å²) in [6.45, 7) is 2.31. The molecule has 0 aliphatic carbocycles. The fourth-order valence-corrected chi connectivity index (χ4v) is 2.86. The van der Waals surface area contributed by atoms with E-state index in [4.69, 9.17) is 5.11 Å². The first-order chi connectivity index (χ1) is 9.16. The Kier molecular flexibility index (Phi) is 2.88. The number of carboxylic acid groups (broad SMARTS) is 1. The lowest BCUT2D eigenvalue weighted by Gasteiger charge is -2.39. The molecule has 0 saturated carbocycles. The molecule has 2 aliphatic rings. The van der Waals surface area contributed by atoms with Gasteiger partial charge < -0.3 is 19.5 Å². The number of hydrogen-bond donors (Lipinski definition) is 1. The zero-order valence-electron chi connectivity index (χ0n) is 10.5. The van der Waals surface area contributed by atoms with E-state index in [0.717, 1.165) is 19.4 Å². The Hall–Kier alpha value is -2.05. The van der Waals surface area contributed by atoms with Crippen LogP contribution >= 0.6 is 0 Å². The SMILES string of the molecule is O=C(O)N1CCC[C@@H](N2CCn3ccnc3C2=O)C1. The monoisotopic (exact) mass is 264 g/mol. The highest BCUT2D eigenvalue weighted by Crippen LogP contribution is 2.20.